The Hall–Kier alpha value is -3.92. The van der Waals surface area contributed by atoms with E-state index in [0.717, 1.165) is 9.37 Å². The molecule has 0 fully saturated rings. The molecule has 0 bridgehead atoms. The van der Waals surface area contributed by atoms with Gasteiger partial charge in [0, 0.05) is 26.3 Å². The normalized spacial score (nSPS) is 11.0. The van der Waals surface area contributed by atoms with Crippen LogP contribution in [0, 0.1) is 5.82 Å². The molecule has 0 radical (unpaired) electrons. The Morgan fingerprint density at radius 3 is 2.35 bits per heavy atom. The van der Waals surface area contributed by atoms with E-state index in [4.69, 9.17) is 11.6 Å². The molecule has 3 N–H and O–H groups in total. The second-order valence-electron chi connectivity index (χ2n) is 8.38. The van der Waals surface area contributed by atoms with Crippen molar-refractivity contribution in [3.05, 3.63) is 129 Å². The fourth-order valence-electron chi connectivity index (χ4n) is 3.49. The standard InChI is InChI=1S/C30H22BrClFN3O3S/c31-21-9-4-6-19(14-21)15-27(36-29(38)20-7-2-1-3-8-20)30(39)35-22-10-5-11-24(16-22)40-18-28(37)34-23-12-13-26(33)25(32)17-23/h1-17H,18H2,(H,34,37)(H,35,39)(H,36,38)/b27-15+. The zero-order valence-corrected chi connectivity index (χ0v) is 23.9. The number of carbonyl (C=O) groups is 3. The van der Waals surface area contributed by atoms with E-state index >= 15 is 0 Å². The Balaban J connectivity index is 1.44. The van der Waals surface area contributed by atoms with Crippen LogP contribution in [0.25, 0.3) is 6.08 Å². The minimum atomic E-state index is -0.567. The van der Waals surface area contributed by atoms with Gasteiger partial charge in [-0.15, -0.1) is 11.8 Å². The van der Waals surface area contributed by atoms with Crippen molar-refractivity contribution >= 4 is 74.5 Å². The van der Waals surface area contributed by atoms with Crippen LogP contribution in [0.2, 0.25) is 5.02 Å². The number of amides is 3. The molecule has 3 amide bonds. The van der Waals surface area contributed by atoms with Crippen LogP contribution in [0.15, 0.2) is 112 Å². The van der Waals surface area contributed by atoms with Crippen molar-refractivity contribution in [2.75, 3.05) is 16.4 Å². The van der Waals surface area contributed by atoms with Crippen LogP contribution in [-0.4, -0.2) is 23.5 Å². The molecule has 4 aromatic carbocycles. The smallest absolute Gasteiger partial charge is 0.272 e. The maximum atomic E-state index is 13.3. The summed E-state index contributed by atoms with van der Waals surface area (Å²) in [5.41, 5.74) is 2.05. The first-order chi connectivity index (χ1) is 19.3. The average molecular weight is 639 g/mol. The van der Waals surface area contributed by atoms with E-state index in [-0.39, 0.29) is 22.4 Å². The average Bonchev–Trinajstić information content (AvgIpc) is 2.94. The van der Waals surface area contributed by atoms with E-state index in [1.165, 1.54) is 30.0 Å². The predicted molar refractivity (Wildman–Crippen MR) is 162 cm³/mol. The number of benzene rings is 4. The highest BCUT2D eigenvalue weighted by Crippen LogP contribution is 2.24. The van der Waals surface area contributed by atoms with Crippen LogP contribution in [0.3, 0.4) is 0 Å². The minimum Gasteiger partial charge on any atom is -0.325 e. The van der Waals surface area contributed by atoms with Crippen molar-refractivity contribution in [2.45, 2.75) is 4.90 Å². The number of nitrogens with one attached hydrogen (secondary N) is 3. The number of rotatable bonds is 9. The predicted octanol–water partition coefficient (Wildman–Crippen LogP) is 7.38. The van der Waals surface area contributed by atoms with Crippen molar-refractivity contribution in [1.29, 1.82) is 0 Å². The van der Waals surface area contributed by atoms with Crippen molar-refractivity contribution in [3.63, 3.8) is 0 Å². The third kappa shape index (κ3) is 8.54. The molecule has 6 nitrogen and oxygen atoms in total. The SMILES string of the molecule is O=C(CSc1cccc(NC(=O)/C(=C\c2cccc(Br)c2)NC(=O)c2ccccc2)c1)Nc1ccc(F)c(Cl)c1. The van der Waals surface area contributed by atoms with Gasteiger partial charge in [-0.1, -0.05) is 63.9 Å². The van der Waals surface area contributed by atoms with Gasteiger partial charge >= 0.3 is 0 Å². The van der Waals surface area contributed by atoms with Gasteiger partial charge in [-0.05, 0) is 72.3 Å². The second kappa shape index (κ2) is 13.9. The molecule has 0 saturated carbocycles. The summed E-state index contributed by atoms with van der Waals surface area (Å²) in [7, 11) is 0. The van der Waals surface area contributed by atoms with Gasteiger partial charge in [0.1, 0.15) is 11.5 Å². The molecule has 0 aromatic heterocycles. The van der Waals surface area contributed by atoms with Crippen molar-refractivity contribution in [1.82, 2.24) is 5.32 Å². The van der Waals surface area contributed by atoms with Crippen molar-refractivity contribution in [2.24, 2.45) is 0 Å². The van der Waals surface area contributed by atoms with E-state index in [1.54, 1.807) is 60.7 Å². The van der Waals surface area contributed by atoms with E-state index in [2.05, 4.69) is 31.9 Å². The zero-order chi connectivity index (χ0) is 28.5. The van der Waals surface area contributed by atoms with Gasteiger partial charge in [-0.25, -0.2) is 4.39 Å². The largest absolute Gasteiger partial charge is 0.325 e. The van der Waals surface area contributed by atoms with Crippen LogP contribution in [-0.2, 0) is 9.59 Å². The summed E-state index contributed by atoms with van der Waals surface area (Å²) >= 11 is 10.4. The monoisotopic (exact) mass is 637 g/mol. The lowest BCUT2D eigenvalue weighted by Crippen LogP contribution is -2.30. The second-order valence-corrected chi connectivity index (χ2v) is 10.8. The summed E-state index contributed by atoms with van der Waals surface area (Å²) in [6.45, 7) is 0. The van der Waals surface area contributed by atoms with E-state index in [0.29, 0.717) is 22.5 Å². The number of hydrogen-bond acceptors (Lipinski definition) is 4. The maximum absolute atomic E-state index is 13.3. The van der Waals surface area contributed by atoms with Crippen LogP contribution in [0.5, 0.6) is 0 Å². The summed E-state index contributed by atoms with van der Waals surface area (Å²) in [6.07, 6.45) is 1.59. The highest BCUT2D eigenvalue weighted by molar-refractivity contribution is 9.10. The van der Waals surface area contributed by atoms with Crippen LogP contribution in [0.1, 0.15) is 15.9 Å². The van der Waals surface area contributed by atoms with Crippen molar-refractivity contribution in [3.8, 4) is 0 Å². The molecule has 10 heteroatoms. The fraction of sp³-hybridized carbons (Fsp3) is 0.0333. The number of hydrogen-bond donors (Lipinski definition) is 3. The van der Waals surface area contributed by atoms with Gasteiger partial charge in [-0.3, -0.25) is 14.4 Å². The first-order valence-corrected chi connectivity index (χ1v) is 14.1. The highest BCUT2D eigenvalue weighted by atomic mass is 79.9. The summed E-state index contributed by atoms with van der Waals surface area (Å²) in [6, 6.07) is 26.8. The van der Waals surface area contributed by atoms with Gasteiger partial charge in [0.15, 0.2) is 0 Å². The van der Waals surface area contributed by atoms with Crippen LogP contribution < -0.4 is 16.0 Å². The summed E-state index contributed by atoms with van der Waals surface area (Å²) < 4.78 is 14.2. The van der Waals surface area contributed by atoms with Gasteiger partial charge < -0.3 is 16.0 Å². The first kappa shape index (κ1) is 29.1. The van der Waals surface area contributed by atoms with Gasteiger partial charge in [0.25, 0.3) is 11.8 Å². The van der Waals surface area contributed by atoms with Crippen molar-refractivity contribution < 1.29 is 18.8 Å². The Morgan fingerprint density at radius 2 is 1.60 bits per heavy atom. The number of thioether (sulfide) groups is 1. The lowest BCUT2D eigenvalue weighted by atomic mass is 10.1. The lowest BCUT2D eigenvalue weighted by molar-refractivity contribution is -0.114. The van der Waals surface area contributed by atoms with E-state index in [1.807, 2.05) is 24.3 Å². The number of anilines is 2. The Labute approximate surface area is 248 Å². The van der Waals surface area contributed by atoms with Crippen LogP contribution >= 0.6 is 39.3 Å². The highest BCUT2D eigenvalue weighted by Gasteiger charge is 2.16. The zero-order valence-electron chi connectivity index (χ0n) is 20.8. The van der Waals surface area contributed by atoms with Gasteiger partial charge in [0.05, 0.1) is 10.8 Å². The molecule has 4 rings (SSSR count). The molecule has 202 valence electrons. The molecule has 40 heavy (non-hydrogen) atoms. The molecule has 0 aliphatic carbocycles. The summed E-state index contributed by atoms with van der Waals surface area (Å²) in [5, 5.41) is 8.11. The molecule has 0 atom stereocenters. The minimum absolute atomic E-state index is 0.0577. The topological polar surface area (TPSA) is 87.3 Å². The summed E-state index contributed by atoms with van der Waals surface area (Å²) in [4.78, 5) is 39.2. The fourth-order valence-corrected chi connectivity index (χ4v) is 4.84. The molecular weight excluding hydrogens is 617 g/mol. The molecule has 0 aliphatic rings. The third-order valence-electron chi connectivity index (χ3n) is 5.35. The number of halogens is 3. The molecular formula is C30H22BrClFN3O3S. The molecule has 0 spiro atoms. The molecule has 0 saturated heterocycles. The molecule has 0 unspecified atom stereocenters. The molecule has 0 heterocycles. The molecule has 4 aromatic rings. The van der Waals surface area contributed by atoms with Gasteiger partial charge in [-0.2, -0.15) is 0 Å². The maximum Gasteiger partial charge on any atom is 0.272 e. The third-order valence-corrected chi connectivity index (χ3v) is 7.13. The number of carbonyl (C=O) groups excluding carboxylic acids is 3. The quantitative estimate of drug-likeness (QED) is 0.132. The Kier molecular flexibility index (Phi) is 10.1. The Morgan fingerprint density at radius 1 is 0.850 bits per heavy atom. The lowest BCUT2D eigenvalue weighted by Gasteiger charge is -2.12. The summed E-state index contributed by atoms with van der Waals surface area (Å²) in [5.74, 6) is -1.73. The molecule has 0 aliphatic heterocycles. The Bertz CT molecular complexity index is 1580. The van der Waals surface area contributed by atoms with Gasteiger partial charge in [0.2, 0.25) is 5.91 Å². The van der Waals surface area contributed by atoms with E-state index < -0.39 is 17.6 Å². The van der Waals surface area contributed by atoms with E-state index in [9.17, 15) is 18.8 Å². The van der Waals surface area contributed by atoms with Crippen LogP contribution in [0.4, 0.5) is 15.8 Å². The first-order valence-electron chi connectivity index (χ1n) is 11.9.